The van der Waals surface area contributed by atoms with Gasteiger partial charge < -0.3 is 9.13 Å². The Hall–Kier alpha value is -4.62. The van der Waals surface area contributed by atoms with E-state index < -0.39 is 0 Å². The highest BCUT2D eigenvalue weighted by Crippen LogP contribution is 2.31. The summed E-state index contributed by atoms with van der Waals surface area (Å²) in [5.41, 5.74) is 6.66. The molecule has 34 heavy (non-hydrogen) atoms. The summed E-state index contributed by atoms with van der Waals surface area (Å²) in [6.07, 6.45) is 5.95. The molecule has 4 aromatic carbocycles. The van der Waals surface area contributed by atoms with Crippen LogP contribution in [0.5, 0.6) is 0 Å². The van der Waals surface area contributed by atoms with E-state index in [2.05, 4.69) is 93.1 Å². The maximum absolute atomic E-state index is 9.02. The fourth-order valence-corrected chi connectivity index (χ4v) is 4.66. The summed E-state index contributed by atoms with van der Waals surface area (Å²) in [4.78, 5) is 4.39. The van der Waals surface area contributed by atoms with Gasteiger partial charge in [-0.1, -0.05) is 60.7 Å². The van der Waals surface area contributed by atoms with E-state index in [4.69, 9.17) is 5.26 Å². The van der Waals surface area contributed by atoms with Gasteiger partial charge in [-0.05, 0) is 57.8 Å². The first kappa shape index (κ1) is 20.0. The predicted octanol–water partition coefficient (Wildman–Crippen LogP) is 6.63. The SMILES string of the molecule is N#Cc1ccc(Cn2cncc2Cn2ccc3cc(-c4cccc5ccccc45)ccc32)cc1. The number of fused-ring (bicyclic) bond motifs is 2. The highest BCUT2D eigenvalue weighted by Gasteiger charge is 2.09. The Bertz CT molecular complexity index is 1660. The number of rotatable bonds is 5. The topological polar surface area (TPSA) is 46.5 Å². The molecule has 0 saturated heterocycles. The standard InChI is InChI=1S/C30H22N4/c31-17-22-8-10-23(11-9-22)19-34-21-32-18-27(34)20-33-15-14-26-16-25(12-13-30(26)33)29-7-3-5-24-4-1-2-6-28(24)29/h1-16,18,21H,19-20H2. The summed E-state index contributed by atoms with van der Waals surface area (Å²) in [5, 5.41) is 12.8. The second kappa shape index (κ2) is 8.38. The van der Waals surface area contributed by atoms with E-state index in [0.717, 1.165) is 24.3 Å². The lowest BCUT2D eigenvalue weighted by atomic mass is 9.97. The third-order valence-electron chi connectivity index (χ3n) is 6.44. The number of benzene rings is 4. The number of hydrogen-bond acceptors (Lipinski definition) is 2. The van der Waals surface area contributed by atoms with Crippen LogP contribution in [0, 0.1) is 11.3 Å². The van der Waals surface area contributed by atoms with Crippen LogP contribution in [0.1, 0.15) is 16.8 Å². The van der Waals surface area contributed by atoms with E-state index in [1.54, 1.807) is 0 Å². The van der Waals surface area contributed by atoms with Crippen LogP contribution in [0.3, 0.4) is 0 Å². The molecule has 2 heterocycles. The van der Waals surface area contributed by atoms with Gasteiger partial charge in [0.1, 0.15) is 0 Å². The summed E-state index contributed by atoms with van der Waals surface area (Å²) >= 11 is 0. The zero-order valence-corrected chi connectivity index (χ0v) is 18.6. The van der Waals surface area contributed by atoms with Crippen molar-refractivity contribution in [3.63, 3.8) is 0 Å². The highest BCUT2D eigenvalue weighted by molar-refractivity contribution is 5.98. The molecule has 0 unspecified atom stereocenters. The Balaban J connectivity index is 1.29. The van der Waals surface area contributed by atoms with E-state index >= 15 is 0 Å². The van der Waals surface area contributed by atoms with Crippen molar-refractivity contribution in [2.24, 2.45) is 0 Å². The third-order valence-corrected chi connectivity index (χ3v) is 6.44. The molecule has 4 heteroatoms. The van der Waals surface area contributed by atoms with E-state index in [-0.39, 0.29) is 0 Å². The molecular weight excluding hydrogens is 416 g/mol. The van der Waals surface area contributed by atoms with E-state index in [1.807, 2.05) is 36.8 Å². The van der Waals surface area contributed by atoms with Crippen molar-refractivity contribution in [3.8, 4) is 17.2 Å². The maximum atomic E-state index is 9.02. The first-order chi connectivity index (χ1) is 16.8. The molecule has 0 atom stereocenters. The smallest absolute Gasteiger partial charge is 0.0991 e. The number of nitriles is 1. The molecule has 0 aliphatic heterocycles. The molecule has 4 nitrogen and oxygen atoms in total. The summed E-state index contributed by atoms with van der Waals surface area (Å²) in [5.74, 6) is 0. The molecule has 0 radical (unpaired) electrons. The normalized spacial score (nSPS) is 11.1. The molecule has 0 bridgehead atoms. The second-order valence-electron chi connectivity index (χ2n) is 8.57. The Morgan fingerprint density at radius 2 is 1.62 bits per heavy atom. The minimum Gasteiger partial charge on any atom is -0.341 e. The van der Waals surface area contributed by atoms with Gasteiger partial charge in [0.05, 0.1) is 30.2 Å². The van der Waals surface area contributed by atoms with Crippen LogP contribution in [-0.4, -0.2) is 14.1 Å². The highest BCUT2D eigenvalue weighted by atomic mass is 15.1. The molecule has 0 N–H and O–H groups in total. The lowest BCUT2D eigenvalue weighted by Gasteiger charge is -2.11. The van der Waals surface area contributed by atoms with E-state index in [9.17, 15) is 0 Å². The monoisotopic (exact) mass is 438 g/mol. The maximum Gasteiger partial charge on any atom is 0.0991 e. The van der Waals surface area contributed by atoms with Crippen molar-refractivity contribution in [3.05, 3.63) is 127 Å². The lowest BCUT2D eigenvalue weighted by molar-refractivity contribution is 0.698. The van der Waals surface area contributed by atoms with Crippen molar-refractivity contribution >= 4 is 21.7 Å². The first-order valence-electron chi connectivity index (χ1n) is 11.3. The number of aromatic nitrogens is 3. The van der Waals surface area contributed by atoms with Crippen LogP contribution in [0.2, 0.25) is 0 Å². The molecule has 0 aliphatic rings. The van der Waals surface area contributed by atoms with Gasteiger partial charge in [0.2, 0.25) is 0 Å². The molecule has 0 aliphatic carbocycles. The van der Waals surface area contributed by atoms with Gasteiger partial charge in [0, 0.05) is 29.8 Å². The molecule has 2 aromatic heterocycles. The van der Waals surface area contributed by atoms with Gasteiger partial charge in [-0.3, -0.25) is 0 Å². The summed E-state index contributed by atoms with van der Waals surface area (Å²) in [6, 6.07) is 33.8. The van der Waals surface area contributed by atoms with Gasteiger partial charge in [0.25, 0.3) is 0 Å². The third kappa shape index (κ3) is 3.64. The minimum atomic E-state index is 0.677. The van der Waals surface area contributed by atoms with E-state index in [0.29, 0.717) is 5.56 Å². The molecule has 6 rings (SSSR count). The van der Waals surface area contributed by atoms with Crippen LogP contribution in [0.15, 0.2) is 110 Å². The Kier molecular flexibility index (Phi) is 4.94. The second-order valence-corrected chi connectivity index (χ2v) is 8.57. The Morgan fingerprint density at radius 3 is 2.50 bits per heavy atom. The average molecular weight is 439 g/mol. The van der Waals surface area contributed by atoms with Gasteiger partial charge >= 0.3 is 0 Å². The minimum absolute atomic E-state index is 0.677. The summed E-state index contributed by atoms with van der Waals surface area (Å²) in [7, 11) is 0. The van der Waals surface area contributed by atoms with Crippen LogP contribution < -0.4 is 0 Å². The Labute approximate surface area is 198 Å². The van der Waals surface area contributed by atoms with Crippen molar-refractivity contribution in [2.75, 3.05) is 0 Å². The Morgan fingerprint density at radius 1 is 0.765 bits per heavy atom. The number of nitrogens with zero attached hydrogens (tertiary/aromatic N) is 4. The lowest BCUT2D eigenvalue weighted by Crippen LogP contribution is -2.07. The van der Waals surface area contributed by atoms with Gasteiger partial charge in [-0.25, -0.2) is 4.98 Å². The molecule has 0 amide bonds. The van der Waals surface area contributed by atoms with Crippen molar-refractivity contribution < 1.29 is 0 Å². The number of hydrogen-bond donors (Lipinski definition) is 0. The first-order valence-corrected chi connectivity index (χ1v) is 11.3. The van der Waals surface area contributed by atoms with Gasteiger partial charge in [-0.2, -0.15) is 5.26 Å². The molecule has 6 aromatic rings. The predicted molar refractivity (Wildman–Crippen MR) is 136 cm³/mol. The van der Waals surface area contributed by atoms with Gasteiger partial charge in [0.15, 0.2) is 0 Å². The quantitative estimate of drug-likeness (QED) is 0.303. The van der Waals surface area contributed by atoms with Crippen molar-refractivity contribution in [1.29, 1.82) is 5.26 Å². The zero-order valence-electron chi connectivity index (χ0n) is 18.6. The molecule has 0 fully saturated rings. The van der Waals surface area contributed by atoms with Crippen LogP contribution in [0.4, 0.5) is 0 Å². The summed E-state index contributed by atoms with van der Waals surface area (Å²) < 4.78 is 4.44. The van der Waals surface area contributed by atoms with Crippen LogP contribution >= 0.6 is 0 Å². The number of imidazole rings is 1. The van der Waals surface area contributed by atoms with Crippen LogP contribution in [-0.2, 0) is 13.1 Å². The van der Waals surface area contributed by atoms with Crippen LogP contribution in [0.25, 0.3) is 32.8 Å². The molecular formula is C30H22N4. The largest absolute Gasteiger partial charge is 0.341 e. The average Bonchev–Trinajstić information content (AvgIpc) is 3.50. The van der Waals surface area contributed by atoms with Crippen molar-refractivity contribution in [1.82, 2.24) is 14.1 Å². The van der Waals surface area contributed by atoms with Crippen molar-refractivity contribution in [2.45, 2.75) is 13.1 Å². The van der Waals surface area contributed by atoms with E-state index in [1.165, 1.54) is 32.8 Å². The molecule has 0 saturated carbocycles. The molecule has 0 spiro atoms. The molecule has 162 valence electrons. The zero-order chi connectivity index (χ0) is 22.9. The fraction of sp³-hybridized carbons (Fsp3) is 0.0667. The van der Waals surface area contributed by atoms with Gasteiger partial charge in [-0.15, -0.1) is 0 Å². The summed E-state index contributed by atoms with van der Waals surface area (Å²) in [6.45, 7) is 1.47. The fourth-order valence-electron chi connectivity index (χ4n) is 4.66.